The van der Waals surface area contributed by atoms with Crippen molar-refractivity contribution in [3.63, 3.8) is 0 Å². The standard InChI is InChI=1S/C15H21N5O2/c16-8-12-7-13-10-19(4-2-5-20(13)18-12)11-15(21)17-9-14-3-1-6-22-14/h7,14H,1-6,9-11H2,(H,17,21). The van der Waals surface area contributed by atoms with E-state index in [0.29, 0.717) is 25.3 Å². The Bertz CT molecular complexity index is 571. The average Bonchev–Trinajstić information content (AvgIpc) is 3.12. The fourth-order valence-corrected chi connectivity index (χ4v) is 3.01. The van der Waals surface area contributed by atoms with Gasteiger partial charge in [-0.1, -0.05) is 0 Å². The number of amides is 1. The van der Waals surface area contributed by atoms with Gasteiger partial charge in [0.15, 0.2) is 5.69 Å². The number of aryl methyl sites for hydroxylation is 1. The monoisotopic (exact) mass is 303 g/mol. The summed E-state index contributed by atoms with van der Waals surface area (Å²) in [6, 6.07) is 3.88. The van der Waals surface area contributed by atoms with Crippen molar-refractivity contribution in [3.05, 3.63) is 17.5 Å². The number of fused-ring (bicyclic) bond motifs is 1. The lowest BCUT2D eigenvalue weighted by Gasteiger charge is -2.19. The van der Waals surface area contributed by atoms with Crippen molar-refractivity contribution in [2.24, 2.45) is 0 Å². The van der Waals surface area contributed by atoms with E-state index in [0.717, 1.165) is 44.7 Å². The molecule has 1 unspecified atom stereocenters. The molecule has 0 aliphatic carbocycles. The van der Waals surface area contributed by atoms with Gasteiger partial charge in [-0.25, -0.2) is 0 Å². The van der Waals surface area contributed by atoms with E-state index in [1.165, 1.54) is 0 Å². The Kier molecular flexibility index (Phi) is 4.71. The number of nitrogens with zero attached hydrogens (tertiary/aromatic N) is 4. The smallest absolute Gasteiger partial charge is 0.234 e. The van der Waals surface area contributed by atoms with Gasteiger partial charge in [-0.3, -0.25) is 14.4 Å². The second kappa shape index (κ2) is 6.90. The van der Waals surface area contributed by atoms with E-state index in [9.17, 15) is 4.79 Å². The van der Waals surface area contributed by atoms with E-state index in [2.05, 4.69) is 21.4 Å². The molecule has 118 valence electrons. The Labute approximate surface area is 129 Å². The first kappa shape index (κ1) is 15.0. The molecular formula is C15H21N5O2. The van der Waals surface area contributed by atoms with E-state index < -0.39 is 0 Å². The van der Waals surface area contributed by atoms with Crippen LogP contribution in [0.15, 0.2) is 6.07 Å². The summed E-state index contributed by atoms with van der Waals surface area (Å²) in [5.74, 6) is 0.0315. The highest BCUT2D eigenvalue weighted by atomic mass is 16.5. The van der Waals surface area contributed by atoms with Gasteiger partial charge in [0.2, 0.25) is 5.91 Å². The van der Waals surface area contributed by atoms with Crippen LogP contribution in [0.25, 0.3) is 0 Å². The van der Waals surface area contributed by atoms with E-state index in [-0.39, 0.29) is 12.0 Å². The average molecular weight is 303 g/mol. The number of rotatable bonds is 4. The van der Waals surface area contributed by atoms with Crippen molar-refractivity contribution in [1.82, 2.24) is 20.0 Å². The van der Waals surface area contributed by atoms with E-state index in [1.54, 1.807) is 0 Å². The minimum atomic E-state index is 0.0315. The number of carbonyl (C=O) groups excluding carboxylic acids is 1. The topological polar surface area (TPSA) is 83.2 Å². The van der Waals surface area contributed by atoms with Gasteiger partial charge in [0.05, 0.1) is 18.3 Å². The van der Waals surface area contributed by atoms with Gasteiger partial charge in [0.1, 0.15) is 6.07 Å². The molecule has 1 aromatic heterocycles. The summed E-state index contributed by atoms with van der Waals surface area (Å²) >= 11 is 0. The van der Waals surface area contributed by atoms with Gasteiger partial charge in [-0.2, -0.15) is 10.4 Å². The van der Waals surface area contributed by atoms with E-state index in [4.69, 9.17) is 10.00 Å². The molecule has 2 aliphatic rings. The number of hydrogen-bond acceptors (Lipinski definition) is 5. The highest BCUT2D eigenvalue weighted by Gasteiger charge is 2.20. The quantitative estimate of drug-likeness (QED) is 0.862. The summed E-state index contributed by atoms with van der Waals surface area (Å²) in [7, 11) is 0. The molecule has 1 fully saturated rings. The molecule has 7 heteroatoms. The lowest BCUT2D eigenvalue weighted by atomic mass is 10.2. The van der Waals surface area contributed by atoms with Gasteiger partial charge in [-0.05, 0) is 25.3 Å². The third-order valence-electron chi connectivity index (χ3n) is 4.13. The van der Waals surface area contributed by atoms with Gasteiger partial charge in [0.25, 0.3) is 0 Å². The van der Waals surface area contributed by atoms with Crippen molar-refractivity contribution >= 4 is 5.91 Å². The molecule has 0 spiro atoms. The largest absolute Gasteiger partial charge is 0.376 e. The molecule has 1 atom stereocenters. The highest BCUT2D eigenvalue weighted by molar-refractivity contribution is 5.78. The maximum atomic E-state index is 12.1. The molecule has 0 saturated carbocycles. The highest BCUT2D eigenvalue weighted by Crippen LogP contribution is 2.13. The Morgan fingerprint density at radius 3 is 3.18 bits per heavy atom. The molecule has 1 amide bonds. The Morgan fingerprint density at radius 2 is 2.41 bits per heavy atom. The molecule has 1 N–H and O–H groups in total. The molecule has 0 radical (unpaired) electrons. The molecule has 3 rings (SSSR count). The zero-order valence-electron chi connectivity index (χ0n) is 12.6. The number of nitriles is 1. The van der Waals surface area contributed by atoms with Gasteiger partial charge < -0.3 is 10.1 Å². The SMILES string of the molecule is N#Cc1cc2n(n1)CCCN(CC(=O)NCC1CCCO1)C2. The number of nitrogens with one attached hydrogen (secondary N) is 1. The van der Waals surface area contributed by atoms with E-state index in [1.807, 2.05) is 10.7 Å². The first-order valence-corrected chi connectivity index (χ1v) is 7.82. The van der Waals surface area contributed by atoms with Crippen LogP contribution in [-0.2, 0) is 22.6 Å². The Balaban J connectivity index is 1.51. The number of carbonyl (C=O) groups is 1. The second-order valence-electron chi connectivity index (χ2n) is 5.86. The normalized spacial score (nSPS) is 21.9. The zero-order chi connectivity index (χ0) is 15.4. The third kappa shape index (κ3) is 3.64. The van der Waals surface area contributed by atoms with Crippen molar-refractivity contribution in [2.45, 2.75) is 38.5 Å². The van der Waals surface area contributed by atoms with Crippen LogP contribution in [0.1, 0.15) is 30.7 Å². The van der Waals surface area contributed by atoms with Gasteiger partial charge in [-0.15, -0.1) is 0 Å². The van der Waals surface area contributed by atoms with Crippen LogP contribution in [0.4, 0.5) is 0 Å². The number of hydrogen-bond donors (Lipinski definition) is 1. The Morgan fingerprint density at radius 1 is 1.50 bits per heavy atom. The van der Waals surface area contributed by atoms with Crippen molar-refractivity contribution in [1.29, 1.82) is 5.26 Å². The minimum Gasteiger partial charge on any atom is -0.376 e. The summed E-state index contributed by atoms with van der Waals surface area (Å²) in [6.07, 6.45) is 3.21. The molecule has 3 heterocycles. The molecule has 0 aromatic carbocycles. The molecule has 7 nitrogen and oxygen atoms in total. The second-order valence-corrected chi connectivity index (χ2v) is 5.86. The maximum absolute atomic E-state index is 12.1. The molecule has 0 bridgehead atoms. The maximum Gasteiger partial charge on any atom is 0.234 e. The predicted octanol–water partition coefficient (Wildman–Crippen LogP) is 0.256. The van der Waals surface area contributed by atoms with Crippen molar-refractivity contribution < 1.29 is 9.53 Å². The lowest BCUT2D eigenvalue weighted by molar-refractivity contribution is -0.122. The summed E-state index contributed by atoms with van der Waals surface area (Å²) in [6.45, 7) is 4.09. The molecule has 2 aliphatic heterocycles. The van der Waals surface area contributed by atoms with Crippen LogP contribution >= 0.6 is 0 Å². The van der Waals surface area contributed by atoms with Crippen molar-refractivity contribution in [3.8, 4) is 6.07 Å². The fourth-order valence-electron chi connectivity index (χ4n) is 3.01. The van der Waals surface area contributed by atoms with Gasteiger partial charge >= 0.3 is 0 Å². The third-order valence-corrected chi connectivity index (χ3v) is 4.13. The number of aromatic nitrogens is 2. The van der Waals surface area contributed by atoms with Crippen LogP contribution < -0.4 is 5.32 Å². The fraction of sp³-hybridized carbons (Fsp3) is 0.667. The van der Waals surface area contributed by atoms with Crippen LogP contribution in [-0.4, -0.2) is 52.9 Å². The summed E-state index contributed by atoms with van der Waals surface area (Å²) in [4.78, 5) is 14.2. The Hall–Kier alpha value is -1.91. The van der Waals surface area contributed by atoms with Crippen LogP contribution in [0, 0.1) is 11.3 Å². The summed E-state index contributed by atoms with van der Waals surface area (Å²) in [5.41, 5.74) is 1.45. The van der Waals surface area contributed by atoms with E-state index >= 15 is 0 Å². The summed E-state index contributed by atoms with van der Waals surface area (Å²) < 4.78 is 7.38. The lowest BCUT2D eigenvalue weighted by Crippen LogP contribution is -2.40. The van der Waals surface area contributed by atoms with Crippen LogP contribution in [0.2, 0.25) is 0 Å². The van der Waals surface area contributed by atoms with Crippen LogP contribution in [0.3, 0.4) is 0 Å². The predicted molar refractivity (Wildman–Crippen MR) is 78.8 cm³/mol. The molecular weight excluding hydrogens is 282 g/mol. The van der Waals surface area contributed by atoms with Gasteiger partial charge in [0, 0.05) is 32.8 Å². The van der Waals surface area contributed by atoms with Crippen LogP contribution in [0.5, 0.6) is 0 Å². The number of ether oxygens (including phenoxy) is 1. The summed E-state index contributed by atoms with van der Waals surface area (Å²) in [5, 5.41) is 16.1. The minimum absolute atomic E-state index is 0.0315. The first-order chi connectivity index (χ1) is 10.7. The van der Waals surface area contributed by atoms with Crippen molar-refractivity contribution in [2.75, 3.05) is 26.2 Å². The molecule has 22 heavy (non-hydrogen) atoms. The molecule has 1 aromatic rings. The first-order valence-electron chi connectivity index (χ1n) is 7.82. The zero-order valence-corrected chi connectivity index (χ0v) is 12.6. The molecule has 1 saturated heterocycles.